The van der Waals surface area contributed by atoms with Gasteiger partial charge in [-0.2, -0.15) is 5.26 Å². The van der Waals surface area contributed by atoms with Crippen LogP contribution in [0, 0.1) is 23.7 Å². The van der Waals surface area contributed by atoms with Crippen LogP contribution in [-0.2, 0) is 18.6 Å². The lowest BCUT2D eigenvalue weighted by atomic mass is 9.63. The fraction of sp³-hybridized carbons (Fsp3) is 0.346. The minimum atomic E-state index is -0.996. The fourth-order valence-electron chi connectivity index (χ4n) is 5.73. The van der Waals surface area contributed by atoms with Crippen LogP contribution in [-0.4, -0.2) is 28.2 Å². The number of nitriles is 1. The van der Waals surface area contributed by atoms with Crippen LogP contribution >= 0.6 is 23.2 Å². The number of aryl methyl sites for hydroxylation is 1. The zero-order chi connectivity index (χ0) is 24.1. The standard InChI is InChI=1S/C26H25Cl2N5O/c1-15-23(18-3-2-4-20(27)22(18)28)33-21(14-34)24(32-15)26(30)19-11-16(13-29)5-6-17(19)12-25(26)7-9-31-10-8-25/h2-6,11,31,34H,7-10,12,14,30H2,1H3/t26-/m0/s1. The van der Waals surface area contributed by atoms with Crippen LogP contribution in [0.15, 0.2) is 36.4 Å². The Labute approximate surface area is 208 Å². The van der Waals surface area contributed by atoms with Gasteiger partial charge in [-0.25, -0.2) is 4.98 Å². The number of rotatable bonds is 3. The van der Waals surface area contributed by atoms with Gasteiger partial charge in [-0.15, -0.1) is 0 Å². The van der Waals surface area contributed by atoms with E-state index in [1.165, 1.54) is 0 Å². The molecule has 0 saturated carbocycles. The van der Waals surface area contributed by atoms with E-state index in [4.69, 9.17) is 38.9 Å². The molecule has 34 heavy (non-hydrogen) atoms. The molecule has 2 aromatic carbocycles. The predicted molar refractivity (Wildman–Crippen MR) is 133 cm³/mol. The SMILES string of the molecule is Cc1nc([C@@]2(N)c3cc(C#N)ccc3CC23CCNCC3)c(CO)nc1-c1cccc(Cl)c1Cl. The fourth-order valence-corrected chi connectivity index (χ4v) is 6.12. The van der Waals surface area contributed by atoms with Gasteiger partial charge < -0.3 is 16.2 Å². The normalized spacial score (nSPS) is 20.8. The summed E-state index contributed by atoms with van der Waals surface area (Å²) < 4.78 is 0. The van der Waals surface area contributed by atoms with Gasteiger partial charge in [0.25, 0.3) is 0 Å². The highest BCUT2D eigenvalue weighted by Gasteiger charge is 2.58. The summed E-state index contributed by atoms with van der Waals surface area (Å²) in [6.07, 6.45) is 2.50. The molecule has 1 aromatic heterocycles. The van der Waals surface area contributed by atoms with E-state index in [0.717, 1.165) is 43.5 Å². The third kappa shape index (κ3) is 3.35. The Bertz CT molecular complexity index is 1330. The summed E-state index contributed by atoms with van der Waals surface area (Å²) in [5, 5.41) is 24.3. The molecule has 2 aliphatic rings. The van der Waals surface area contributed by atoms with Crippen molar-refractivity contribution in [3.05, 3.63) is 80.2 Å². The first-order valence-corrected chi connectivity index (χ1v) is 12.1. The van der Waals surface area contributed by atoms with Gasteiger partial charge in [0.05, 0.1) is 56.6 Å². The summed E-state index contributed by atoms with van der Waals surface area (Å²) in [7, 11) is 0. The smallest absolute Gasteiger partial charge is 0.0991 e. The first-order valence-electron chi connectivity index (χ1n) is 11.3. The van der Waals surface area contributed by atoms with Crippen molar-refractivity contribution in [3.8, 4) is 17.3 Å². The summed E-state index contributed by atoms with van der Waals surface area (Å²) in [5.41, 5.74) is 11.5. The number of piperidine rings is 1. The second kappa shape index (κ2) is 8.60. The van der Waals surface area contributed by atoms with Crippen LogP contribution in [0.4, 0.5) is 0 Å². The van der Waals surface area contributed by atoms with E-state index in [1.54, 1.807) is 6.07 Å². The lowest BCUT2D eigenvalue weighted by Gasteiger charge is -2.47. The molecular formula is C26H25Cl2N5O. The van der Waals surface area contributed by atoms with Gasteiger partial charge in [0.2, 0.25) is 0 Å². The van der Waals surface area contributed by atoms with Gasteiger partial charge in [0.15, 0.2) is 0 Å². The summed E-state index contributed by atoms with van der Waals surface area (Å²) >= 11 is 12.7. The van der Waals surface area contributed by atoms with E-state index < -0.39 is 5.54 Å². The maximum atomic E-state index is 10.4. The van der Waals surface area contributed by atoms with Gasteiger partial charge in [-0.3, -0.25) is 4.98 Å². The topological polar surface area (TPSA) is 108 Å². The molecule has 5 rings (SSSR count). The molecule has 2 heterocycles. The summed E-state index contributed by atoms with van der Waals surface area (Å²) in [5.74, 6) is 0. The van der Waals surface area contributed by atoms with Gasteiger partial charge in [0.1, 0.15) is 0 Å². The Kier molecular flexibility index (Phi) is 5.87. The van der Waals surface area contributed by atoms with Gasteiger partial charge in [0, 0.05) is 11.0 Å². The summed E-state index contributed by atoms with van der Waals surface area (Å²) in [6, 6.07) is 13.3. The zero-order valence-electron chi connectivity index (χ0n) is 18.8. The van der Waals surface area contributed by atoms with Gasteiger partial charge in [-0.1, -0.05) is 41.4 Å². The highest BCUT2D eigenvalue weighted by Crippen LogP contribution is 2.57. The van der Waals surface area contributed by atoms with E-state index in [-0.39, 0.29) is 12.0 Å². The van der Waals surface area contributed by atoms with E-state index in [9.17, 15) is 10.4 Å². The average Bonchev–Trinajstić information content (AvgIpc) is 3.08. The molecular weight excluding hydrogens is 469 g/mol. The number of halogens is 2. The van der Waals surface area contributed by atoms with E-state index >= 15 is 0 Å². The Balaban J connectivity index is 1.77. The number of hydrogen-bond donors (Lipinski definition) is 3. The number of aromatic nitrogens is 2. The van der Waals surface area contributed by atoms with E-state index in [0.29, 0.717) is 43.9 Å². The van der Waals surface area contributed by atoms with Crippen molar-refractivity contribution in [1.82, 2.24) is 15.3 Å². The summed E-state index contributed by atoms with van der Waals surface area (Å²) in [4.78, 5) is 9.83. The number of hydrogen-bond acceptors (Lipinski definition) is 6. The monoisotopic (exact) mass is 493 g/mol. The largest absolute Gasteiger partial charge is 0.390 e. The lowest BCUT2D eigenvalue weighted by molar-refractivity contribution is 0.114. The molecule has 0 unspecified atom stereocenters. The first-order chi connectivity index (χ1) is 16.3. The van der Waals surface area contributed by atoms with Crippen LogP contribution in [0.1, 0.15) is 46.6 Å². The number of aliphatic hydroxyl groups excluding tert-OH is 1. The van der Waals surface area contributed by atoms with Crippen molar-refractivity contribution in [3.63, 3.8) is 0 Å². The van der Waals surface area contributed by atoms with Crippen LogP contribution < -0.4 is 11.1 Å². The number of nitrogens with two attached hydrogens (primary N) is 1. The molecule has 1 aliphatic heterocycles. The number of aliphatic hydroxyl groups is 1. The Hall–Kier alpha value is -2.53. The quantitative estimate of drug-likeness (QED) is 0.503. The minimum absolute atomic E-state index is 0.297. The Morgan fingerprint density at radius 2 is 1.94 bits per heavy atom. The highest BCUT2D eigenvalue weighted by atomic mass is 35.5. The lowest BCUT2D eigenvalue weighted by Crippen LogP contribution is -2.56. The van der Waals surface area contributed by atoms with Crippen molar-refractivity contribution in [2.75, 3.05) is 13.1 Å². The van der Waals surface area contributed by atoms with E-state index in [1.807, 2.05) is 37.3 Å². The Morgan fingerprint density at radius 3 is 2.65 bits per heavy atom. The molecule has 4 N–H and O–H groups in total. The molecule has 1 spiro atoms. The van der Waals surface area contributed by atoms with Crippen LogP contribution in [0.2, 0.25) is 10.0 Å². The summed E-state index contributed by atoms with van der Waals surface area (Å²) in [6.45, 7) is 3.23. The molecule has 1 atom stereocenters. The molecule has 8 heteroatoms. The zero-order valence-corrected chi connectivity index (χ0v) is 20.3. The molecule has 3 aromatic rings. The molecule has 0 amide bonds. The van der Waals surface area contributed by atoms with Crippen molar-refractivity contribution in [2.24, 2.45) is 11.1 Å². The molecule has 174 valence electrons. The van der Waals surface area contributed by atoms with Gasteiger partial charge in [-0.05, 0) is 68.6 Å². The molecule has 1 aliphatic carbocycles. The maximum absolute atomic E-state index is 10.4. The third-order valence-electron chi connectivity index (χ3n) is 7.46. The van der Waals surface area contributed by atoms with Crippen LogP contribution in [0.3, 0.4) is 0 Å². The van der Waals surface area contributed by atoms with Gasteiger partial charge >= 0.3 is 0 Å². The Morgan fingerprint density at radius 1 is 1.18 bits per heavy atom. The number of nitrogens with one attached hydrogen (secondary N) is 1. The molecule has 0 bridgehead atoms. The minimum Gasteiger partial charge on any atom is -0.390 e. The predicted octanol–water partition coefficient (Wildman–Crippen LogP) is 4.25. The maximum Gasteiger partial charge on any atom is 0.0991 e. The number of fused-ring (bicyclic) bond motifs is 1. The van der Waals surface area contributed by atoms with Crippen molar-refractivity contribution in [1.29, 1.82) is 5.26 Å². The van der Waals surface area contributed by atoms with Crippen LogP contribution in [0.5, 0.6) is 0 Å². The third-order valence-corrected chi connectivity index (χ3v) is 8.28. The average molecular weight is 494 g/mol. The van der Waals surface area contributed by atoms with Crippen molar-refractivity contribution in [2.45, 2.75) is 38.3 Å². The van der Waals surface area contributed by atoms with Crippen LogP contribution in [0.25, 0.3) is 11.3 Å². The second-order valence-corrected chi connectivity index (χ2v) is 10.00. The van der Waals surface area contributed by atoms with Crippen molar-refractivity contribution < 1.29 is 5.11 Å². The second-order valence-electron chi connectivity index (χ2n) is 9.21. The molecule has 1 fully saturated rings. The van der Waals surface area contributed by atoms with E-state index in [2.05, 4.69) is 11.4 Å². The van der Waals surface area contributed by atoms with Crippen molar-refractivity contribution >= 4 is 23.2 Å². The number of benzene rings is 2. The number of nitrogens with zero attached hydrogens (tertiary/aromatic N) is 3. The molecule has 6 nitrogen and oxygen atoms in total. The first kappa shape index (κ1) is 23.2. The molecule has 1 saturated heterocycles. The highest BCUT2D eigenvalue weighted by molar-refractivity contribution is 6.43. The molecule has 0 radical (unpaired) electrons.